The van der Waals surface area contributed by atoms with Crippen molar-refractivity contribution in [2.75, 3.05) is 14.2 Å². The maximum absolute atomic E-state index is 12.2. The Balaban J connectivity index is 2.21. The highest BCUT2D eigenvalue weighted by Gasteiger charge is 2.16. The van der Waals surface area contributed by atoms with E-state index in [0.29, 0.717) is 17.1 Å². The lowest BCUT2D eigenvalue weighted by Gasteiger charge is -2.09. The monoisotopic (exact) mass is 291 g/mol. The smallest absolute Gasteiger partial charge is 0.381 e. The Morgan fingerprint density at radius 3 is 2.71 bits per heavy atom. The summed E-state index contributed by atoms with van der Waals surface area (Å²) in [5.41, 5.74) is 0.370. The van der Waals surface area contributed by atoms with Crippen LogP contribution in [0.2, 0.25) is 0 Å². The molecule has 1 aromatic heterocycles. The molecule has 0 aliphatic rings. The summed E-state index contributed by atoms with van der Waals surface area (Å²) < 4.78 is 11.6. The van der Waals surface area contributed by atoms with Crippen LogP contribution >= 0.6 is 0 Å². The molecule has 0 unspecified atom stereocenters. The zero-order valence-electron chi connectivity index (χ0n) is 11.5. The minimum atomic E-state index is -0.616. The van der Waals surface area contributed by atoms with Crippen molar-refractivity contribution < 1.29 is 19.2 Å². The highest BCUT2D eigenvalue weighted by atomic mass is 16.6. The molecule has 0 fully saturated rings. The number of methoxy groups -OCH3 is 2. The summed E-state index contributed by atoms with van der Waals surface area (Å²) in [6, 6.07) is 4.83. The third-order valence-corrected chi connectivity index (χ3v) is 2.84. The fourth-order valence-electron chi connectivity index (χ4n) is 1.81. The Morgan fingerprint density at radius 1 is 1.38 bits per heavy atom. The summed E-state index contributed by atoms with van der Waals surface area (Å²) >= 11 is 0. The normalized spacial score (nSPS) is 10.2. The Kier molecular flexibility index (Phi) is 4.17. The maximum atomic E-state index is 12.2. The molecule has 0 bridgehead atoms. The summed E-state index contributed by atoms with van der Waals surface area (Å²) in [4.78, 5) is 25.8. The van der Waals surface area contributed by atoms with E-state index in [0.717, 1.165) is 0 Å². The molecule has 0 aliphatic carbocycles. The average Bonchev–Trinajstić information content (AvgIpc) is 2.95. The van der Waals surface area contributed by atoms with Crippen molar-refractivity contribution in [2.45, 2.75) is 6.54 Å². The van der Waals surface area contributed by atoms with Crippen LogP contribution in [0.3, 0.4) is 0 Å². The van der Waals surface area contributed by atoms with Crippen LogP contribution in [-0.4, -0.2) is 34.5 Å². The molecule has 8 heteroatoms. The van der Waals surface area contributed by atoms with Gasteiger partial charge in [-0.1, -0.05) is 0 Å². The van der Waals surface area contributed by atoms with Crippen molar-refractivity contribution in [3.63, 3.8) is 0 Å². The quantitative estimate of drug-likeness (QED) is 0.456. The van der Waals surface area contributed by atoms with Crippen LogP contribution in [0.25, 0.3) is 0 Å². The third kappa shape index (κ3) is 3.16. The van der Waals surface area contributed by atoms with E-state index in [1.165, 1.54) is 31.3 Å². The first-order chi connectivity index (χ1) is 10.0. The van der Waals surface area contributed by atoms with Gasteiger partial charge in [-0.15, -0.1) is 0 Å². The summed E-state index contributed by atoms with van der Waals surface area (Å²) in [6.07, 6.45) is 2.44. The molecule has 1 aromatic carbocycles. The van der Waals surface area contributed by atoms with Gasteiger partial charge in [0.25, 0.3) is 0 Å². The molecule has 0 spiro atoms. The van der Waals surface area contributed by atoms with Gasteiger partial charge in [0, 0.05) is 6.07 Å². The first kappa shape index (κ1) is 14.5. The van der Waals surface area contributed by atoms with E-state index in [4.69, 9.17) is 9.47 Å². The third-order valence-electron chi connectivity index (χ3n) is 2.84. The average molecular weight is 291 g/mol. The van der Waals surface area contributed by atoms with Crippen LogP contribution in [0.5, 0.6) is 11.5 Å². The maximum Gasteiger partial charge on any atom is 0.381 e. The summed E-state index contributed by atoms with van der Waals surface area (Å²) in [5.74, 6) is 0.405. The number of rotatable bonds is 6. The Bertz CT molecular complexity index is 680. The van der Waals surface area contributed by atoms with Crippen molar-refractivity contribution >= 4 is 11.6 Å². The second-order valence-electron chi connectivity index (χ2n) is 4.15. The van der Waals surface area contributed by atoms with Crippen molar-refractivity contribution in [1.29, 1.82) is 0 Å². The molecule has 0 N–H and O–H groups in total. The van der Waals surface area contributed by atoms with E-state index in [2.05, 4.69) is 4.98 Å². The number of imidazole rings is 1. The standard InChI is InChI=1S/C13H13N3O5/c1-20-9-3-4-10(12(5-9)21-2)11(17)6-15-7-13(14-8-15)16(18)19/h3-5,7-8H,6H2,1-2H3. The van der Waals surface area contributed by atoms with Gasteiger partial charge in [-0.3, -0.25) is 4.79 Å². The minimum Gasteiger partial charge on any atom is -0.497 e. The van der Waals surface area contributed by atoms with Crippen molar-refractivity contribution in [1.82, 2.24) is 9.55 Å². The number of aromatic nitrogens is 2. The fraction of sp³-hybridized carbons (Fsp3) is 0.231. The van der Waals surface area contributed by atoms with Gasteiger partial charge in [0.2, 0.25) is 6.33 Å². The highest BCUT2D eigenvalue weighted by molar-refractivity contribution is 5.98. The van der Waals surface area contributed by atoms with Crippen molar-refractivity contribution in [3.05, 3.63) is 46.4 Å². The molecule has 0 saturated carbocycles. The predicted molar refractivity (Wildman–Crippen MR) is 72.8 cm³/mol. The molecular weight excluding hydrogens is 278 g/mol. The highest BCUT2D eigenvalue weighted by Crippen LogP contribution is 2.25. The van der Waals surface area contributed by atoms with E-state index in [9.17, 15) is 14.9 Å². The zero-order chi connectivity index (χ0) is 15.4. The van der Waals surface area contributed by atoms with Gasteiger partial charge in [-0.05, 0) is 22.0 Å². The van der Waals surface area contributed by atoms with E-state index in [-0.39, 0.29) is 18.1 Å². The summed E-state index contributed by atoms with van der Waals surface area (Å²) in [7, 11) is 2.97. The Hall–Kier alpha value is -2.90. The Labute approximate surface area is 120 Å². The molecule has 21 heavy (non-hydrogen) atoms. The van der Waals surface area contributed by atoms with Crippen LogP contribution in [0.15, 0.2) is 30.7 Å². The second kappa shape index (κ2) is 6.04. The van der Waals surface area contributed by atoms with Gasteiger partial charge in [-0.2, -0.15) is 0 Å². The number of ketones is 1. The zero-order valence-corrected chi connectivity index (χ0v) is 11.5. The molecule has 0 amide bonds. The van der Waals surface area contributed by atoms with Crippen LogP contribution in [0.4, 0.5) is 5.82 Å². The van der Waals surface area contributed by atoms with Gasteiger partial charge >= 0.3 is 5.82 Å². The lowest BCUT2D eigenvalue weighted by Crippen LogP contribution is -2.10. The number of benzene rings is 1. The molecular formula is C13H13N3O5. The van der Waals surface area contributed by atoms with Crippen LogP contribution in [-0.2, 0) is 6.54 Å². The van der Waals surface area contributed by atoms with Crippen LogP contribution < -0.4 is 9.47 Å². The largest absolute Gasteiger partial charge is 0.497 e. The number of nitro groups is 1. The molecule has 0 radical (unpaired) electrons. The lowest BCUT2D eigenvalue weighted by molar-refractivity contribution is -0.389. The summed E-state index contributed by atoms with van der Waals surface area (Å²) in [5, 5.41) is 10.6. The number of Topliss-reactive ketones (excluding diaryl/α,β-unsaturated/α-hetero) is 1. The molecule has 8 nitrogen and oxygen atoms in total. The number of hydrogen-bond donors (Lipinski definition) is 0. The van der Waals surface area contributed by atoms with E-state index < -0.39 is 4.92 Å². The topological polar surface area (TPSA) is 96.5 Å². The molecule has 2 rings (SSSR count). The van der Waals surface area contributed by atoms with Crippen LogP contribution in [0, 0.1) is 10.1 Å². The van der Waals surface area contributed by atoms with Gasteiger partial charge in [0.05, 0.1) is 26.3 Å². The van der Waals surface area contributed by atoms with E-state index in [1.54, 1.807) is 18.2 Å². The lowest BCUT2D eigenvalue weighted by atomic mass is 10.1. The number of carbonyl (C=O) groups is 1. The number of hydrogen-bond acceptors (Lipinski definition) is 6. The molecule has 0 aliphatic heterocycles. The SMILES string of the molecule is COc1ccc(C(=O)Cn2cnc([N+](=O)[O-])c2)c(OC)c1. The van der Waals surface area contributed by atoms with Gasteiger partial charge < -0.3 is 24.2 Å². The minimum absolute atomic E-state index is 0.0659. The van der Waals surface area contributed by atoms with Gasteiger partial charge in [-0.25, -0.2) is 0 Å². The van der Waals surface area contributed by atoms with E-state index >= 15 is 0 Å². The first-order valence-electron chi connectivity index (χ1n) is 5.96. The fourth-order valence-corrected chi connectivity index (χ4v) is 1.81. The Morgan fingerprint density at radius 2 is 2.14 bits per heavy atom. The summed E-state index contributed by atoms with van der Waals surface area (Å²) in [6.45, 7) is -0.0659. The van der Waals surface area contributed by atoms with Crippen molar-refractivity contribution in [2.24, 2.45) is 0 Å². The number of carbonyl (C=O) groups excluding carboxylic acids is 1. The molecule has 1 heterocycles. The predicted octanol–water partition coefficient (Wildman–Crippen LogP) is 1.69. The van der Waals surface area contributed by atoms with Gasteiger partial charge in [0.15, 0.2) is 5.78 Å². The first-order valence-corrected chi connectivity index (χ1v) is 5.96. The van der Waals surface area contributed by atoms with Crippen molar-refractivity contribution in [3.8, 4) is 11.5 Å². The molecule has 0 atom stereocenters. The molecule has 110 valence electrons. The number of ether oxygens (including phenoxy) is 2. The van der Waals surface area contributed by atoms with Crippen LogP contribution in [0.1, 0.15) is 10.4 Å². The molecule has 0 saturated heterocycles. The second-order valence-corrected chi connectivity index (χ2v) is 4.15. The molecule has 2 aromatic rings. The van der Waals surface area contributed by atoms with Gasteiger partial charge in [0.1, 0.15) is 17.7 Å². The number of nitrogens with zero attached hydrogens (tertiary/aromatic N) is 3. The van der Waals surface area contributed by atoms with E-state index in [1.807, 2.05) is 0 Å².